The van der Waals surface area contributed by atoms with Crippen LogP contribution in [-0.2, 0) is 4.74 Å². The lowest BCUT2D eigenvalue weighted by Gasteiger charge is -2.41. The minimum Gasteiger partial charge on any atom is -0.495 e. The van der Waals surface area contributed by atoms with E-state index < -0.39 is 0 Å². The van der Waals surface area contributed by atoms with E-state index in [-0.39, 0.29) is 24.8 Å². The summed E-state index contributed by atoms with van der Waals surface area (Å²) < 4.78 is 17.6. The molecule has 2 heterocycles. The molecule has 5 nitrogen and oxygen atoms in total. The number of benzene rings is 1. The molecule has 0 amide bonds. The topological polar surface area (TPSA) is 43.0 Å². The standard InChI is InChI=1S/C18H27BrN2O3.2ClH/c1-22-15-11-14(12-16(23-2)17(15)19)18(13-3-9-24-10-4-13)21-7-5-20-6-8-21;;/h11-13,18,20H,3-10H2,1-2H3;2*1H/t18-;;/m1../s1. The van der Waals surface area contributed by atoms with Crippen molar-refractivity contribution in [3.05, 3.63) is 22.2 Å². The number of hydrogen-bond acceptors (Lipinski definition) is 5. The number of nitrogens with zero attached hydrogens (tertiary/aromatic N) is 1. The molecule has 0 saturated carbocycles. The maximum Gasteiger partial charge on any atom is 0.137 e. The van der Waals surface area contributed by atoms with Crippen LogP contribution < -0.4 is 14.8 Å². The molecule has 150 valence electrons. The van der Waals surface area contributed by atoms with Crippen molar-refractivity contribution in [2.45, 2.75) is 18.9 Å². The van der Waals surface area contributed by atoms with E-state index in [4.69, 9.17) is 14.2 Å². The van der Waals surface area contributed by atoms with Crippen molar-refractivity contribution in [3.8, 4) is 11.5 Å². The van der Waals surface area contributed by atoms with Gasteiger partial charge in [-0.05, 0) is 52.4 Å². The summed E-state index contributed by atoms with van der Waals surface area (Å²) in [6, 6.07) is 4.70. The summed E-state index contributed by atoms with van der Waals surface area (Å²) in [4.78, 5) is 2.61. The normalized spacial score (nSPS) is 19.8. The van der Waals surface area contributed by atoms with E-state index in [2.05, 4.69) is 38.3 Å². The summed E-state index contributed by atoms with van der Waals surface area (Å²) in [5.41, 5.74) is 1.28. The van der Waals surface area contributed by atoms with Crippen LogP contribution in [-0.4, -0.2) is 58.5 Å². The van der Waals surface area contributed by atoms with Gasteiger partial charge in [0.25, 0.3) is 0 Å². The fourth-order valence-corrected chi connectivity index (χ4v) is 4.39. The van der Waals surface area contributed by atoms with Gasteiger partial charge in [0, 0.05) is 45.4 Å². The maximum atomic E-state index is 5.59. The lowest BCUT2D eigenvalue weighted by atomic mass is 9.85. The summed E-state index contributed by atoms with van der Waals surface area (Å²) >= 11 is 3.58. The van der Waals surface area contributed by atoms with Crippen LogP contribution in [0.5, 0.6) is 11.5 Å². The fourth-order valence-electron chi connectivity index (χ4n) is 3.83. The summed E-state index contributed by atoms with van der Waals surface area (Å²) in [7, 11) is 3.41. The second-order valence-corrected chi connectivity index (χ2v) is 7.21. The largest absolute Gasteiger partial charge is 0.495 e. The van der Waals surface area contributed by atoms with Crippen LogP contribution in [0, 0.1) is 5.92 Å². The summed E-state index contributed by atoms with van der Waals surface area (Å²) in [5, 5.41) is 3.45. The molecule has 0 radical (unpaired) electrons. The van der Waals surface area contributed by atoms with Crippen molar-refractivity contribution >= 4 is 40.7 Å². The van der Waals surface area contributed by atoms with Gasteiger partial charge in [-0.1, -0.05) is 0 Å². The maximum absolute atomic E-state index is 5.59. The zero-order valence-electron chi connectivity index (χ0n) is 15.3. The first-order chi connectivity index (χ1) is 11.7. The SMILES string of the molecule is COc1cc([C@@H](C2CCOCC2)N2CCNCC2)cc(OC)c1Br.Cl.Cl. The lowest BCUT2D eigenvalue weighted by Crippen LogP contribution is -2.47. The van der Waals surface area contributed by atoms with E-state index in [1.165, 1.54) is 5.56 Å². The average Bonchev–Trinajstić information content (AvgIpc) is 2.65. The van der Waals surface area contributed by atoms with Gasteiger partial charge in [-0.2, -0.15) is 0 Å². The number of halogens is 3. The number of piperazine rings is 1. The van der Waals surface area contributed by atoms with Crippen molar-refractivity contribution in [1.82, 2.24) is 10.2 Å². The van der Waals surface area contributed by atoms with Gasteiger partial charge in [0.15, 0.2) is 0 Å². The summed E-state index contributed by atoms with van der Waals surface area (Å²) in [5.74, 6) is 2.26. The molecule has 3 rings (SSSR count). The van der Waals surface area contributed by atoms with Crippen LogP contribution in [0.15, 0.2) is 16.6 Å². The Balaban J connectivity index is 0.00000169. The Morgan fingerprint density at radius 2 is 1.62 bits per heavy atom. The molecule has 2 saturated heterocycles. The van der Waals surface area contributed by atoms with E-state index in [9.17, 15) is 0 Å². The summed E-state index contributed by atoms with van der Waals surface area (Å²) in [6.07, 6.45) is 2.21. The van der Waals surface area contributed by atoms with Crippen LogP contribution in [0.25, 0.3) is 0 Å². The van der Waals surface area contributed by atoms with Crippen molar-refractivity contribution in [3.63, 3.8) is 0 Å². The molecule has 0 unspecified atom stereocenters. The quantitative estimate of drug-likeness (QED) is 0.709. The molecule has 1 N–H and O–H groups in total. The summed E-state index contributed by atoms with van der Waals surface area (Å²) in [6.45, 7) is 5.95. The Kier molecular flexibility index (Phi) is 10.6. The minimum atomic E-state index is 0. The molecule has 1 aromatic rings. The van der Waals surface area contributed by atoms with Gasteiger partial charge in [0.1, 0.15) is 16.0 Å². The van der Waals surface area contributed by atoms with Crippen LogP contribution in [0.1, 0.15) is 24.4 Å². The Morgan fingerprint density at radius 3 is 2.12 bits per heavy atom. The third kappa shape index (κ3) is 5.40. The lowest BCUT2D eigenvalue weighted by molar-refractivity contribution is 0.0212. The molecule has 0 spiro atoms. The van der Waals surface area contributed by atoms with E-state index >= 15 is 0 Å². The third-order valence-electron chi connectivity index (χ3n) is 5.07. The molecule has 2 fully saturated rings. The van der Waals surface area contributed by atoms with E-state index in [1.54, 1.807) is 14.2 Å². The molecule has 0 bridgehead atoms. The highest BCUT2D eigenvalue weighted by Gasteiger charge is 2.32. The number of rotatable bonds is 5. The van der Waals surface area contributed by atoms with Gasteiger partial charge in [0.05, 0.1) is 14.2 Å². The third-order valence-corrected chi connectivity index (χ3v) is 5.85. The number of methoxy groups -OCH3 is 2. The predicted molar refractivity (Wildman–Crippen MR) is 112 cm³/mol. The zero-order chi connectivity index (χ0) is 16.9. The monoisotopic (exact) mass is 470 g/mol. The Morgan fingerprint density at radius 1 is 1.08 bits per heavy atom. The zero-order valence-corrected chi connectivity index (χ0v) is 18.6. The second kappa shape index (κ2) is 11.6. The minimum absolute atomic E-state index is 0. The van der Waals surface area contributed by atoms with Crippen molar-refractivity contribution < 1.29 is 14.2 Å². The van der Waals surface area contributed by atoms with Crippen molar-refractivity contribution in [2.24, 2.45) is 5.92 Å². The van der Waals surface area contributed by atoms with Crippen LogP contribution in [0.4, 0.5) is 0 Å². The first kappa shape index (κ1) is 23.8. The number of nitrogens with one attached hydrogen (secondary N) is 1. The van der Waals surface area contributed by atoms with Gasteiger partial charge in [0.2, 0.25) is 0 Å². The highest BCUT2D eigenvalue weighted by molar-refractivity contribution is 9.10. The Hall–Kier alpha value is -0.240. The Bertz CT molecular complexity index is 510. The molecule has 0 aromatic heterocycles. The average molecular weight is 472 g/mol. The molecule has 2 aliphatic rings. The highest BCUT2D eigenvalue weighted by Crippen LogP contribution is 2.42. The second-order valence-electron chi connectivity index (χ2n) is 6.42. The van der Waals surface area contributed by atoms with Crippen LogP contribution in [0.3, 0.4) is 0 Å². The van der Waals surface area contributed by atoms with Crippen molar-refractivity contribution in [1.29, 1.82) is 0 Å². The van der Waals surface area contributed by atoms with Gasteiger partial charge in [-0.15, -0.1) is 24.8 Å². The molecule has 8 heteroatoms. The van der Waals surface area contributed by atoms with Gasteiger partial charge >= 0.3 is 0 Å². The van der Waals surface area contributed by atoms with Crippen LogP contribution in [0.2, 0.25) is 0 Å². The molecule has 2 aliphatic heterocycles. The van der Waals surface area contributed by atoms with E-state index in [0.717, 1.165) is 68.2 Å². The molecular weight excluding hydrogens is 443 g/mol. The fraction of sp³-hybridized carbons (Fsp3) is 0.667. The van der Waals surface area contributed by atoms with Gasteiger partial charge in [-0.25, -0.2) is 0 Å². The Labute approximate surface area is 177 Å². The molecule has 26 heavy (non-hydrogen) atoms. The first-order valence-electron chi connectivity index (χ1n) is 8.68. The number of hydrogen-bond donors (Lipinski definition) is 1. The van der Waals surface area contributed by atoms with E-state index in [0.29, 0.717) is 12.0 Å². The van der Waals surface area contributed by atoms with Gasteiger partial charge in [-0.3, -0.25) is 4.90 Å². The molecular formula is C18H29BrCl2N2O3. The van der Waals surface area contributed by atoms with Gasteiger partial charge < -0.3 is 19.5 Å². The molecule has 0 aliphatic carbocycles. The van der Waals surface area contributed by atoms with Crippen molar-refractivity contribution in [2.75, 3.05) is 53.6 Å². The number of ether oxygens (including phenoxy) is 3. The smallest absolute Gasteiger partial charge is 0.137 e. The highest BCUT2D eigenvalue weighted by atomic mass is 79.9. The van der Waals surface area contributed by atoms with E-state index in [1.807, 2.05) is 0 Å². The predicted octanol–water partition coefficient (Wildman–Crippen LogP) is 3.68. The van der Waals surface area contributed by atoms with Crippen LogP contribution >= 0.6 is 40.7 Å². The molecule has 1 atom stereocenters. The molecule has 1 aromatic carbocycles. The first-order valence-corrected chi connectivity index (χ1v) is 9.48.